The van der Waals surface area contributed by atoms with Gasteiger partial charge in [-0.1, -0.05) is 0 Å². The van der Waals surface area contributed by atoms with Gasteiger partial charge in [-0.15, -0.1) is 11.8 Å². The van der Waals surface area contributed by atoms with Crippen molar-refractivity contribution >= 4 is 17.7 Å². The van der Waals surface area contributed by atoms with Gasteiger partial charge in [-0.2, -0.15) is 0 Å². The summed E-state index contributed by atoms with van der Waals surface area (Å²) in [4.78, 5) is 15.2. The van der Waals surface area contributed by atoms with Gasteiger partial charge in [-0.25, -0.2) is 0 Å². The molecule has 1 aromatic rings. The maximum atomic E-state index is 12.2. The van der Waals surface area contributed by atoms with Crippen molar-refractivity contribution < 1.29 is 4.79 Å². The van der Waals surface area contributed by atoms with E-state index in [9.17, 15) is 4.79 Å². The highest BCUT2D eigenvalue weighted by Crippen LogP contribution is 2.17. The highest BCUT2D eigenvalue weighted by Gasteiger charge is 2.21. The average molecular weight is 250 g/mol. The summed E-state index contributed by atoms with van der Waals surface area (Å²) in [5, 5.41) is 0. The Hall–Kier alpha value is -1.00. The Morgan fingerprint density at radius 1 is 1.41 bits per heavy atom. The van der Waals surface area contributed by atoms with Crippen LogP contribution >= 0.6 is 11.8 Å². The maximum Gasteiger partial charge on any atom is 0.253 e. The van der Waals surface area contributed by atoms with Crippen molar-refractivity contribution in [3.63, 3.8) is 0 Å². The molecule has 0 radical (unpaired) electrons. The summed E-state index contributed by atoms with van der Waals surface area (Å²) in [6.07, 6.45) is 4.06. The van der Waals surface area contributed by atoms with Gasteiger partial charge in [0.25, 0.3) is 5.91 Å². The summed E-state index contributed by atoms with van der Waals surface area (Å²) < 4.78 is 0. The highest BCUT2D eigenvalue weighted by molar-refractivity contribution is 7.98. The van der Waals surface area contributed by atoms with E-state index in [0.717, 1.165) is 24.9 Å². The van der Waals surface area contributed by atoms with Crippen LogP contribution in [0.15, 0.2) is 29.2 Å². The predicted molar refractivity (Wildman–Crippen MR) is 71.3 cm³/mol. The first-order chi connectivity index (χ1) is 8.20. The van der Waals surface area contributed by atoms with E-state index in [4.69, 9.17) is 5.73 Å². The first-order valence-corrected chi connectivity index (χ1v) is 7.12. The van der Waals surface area contributed by atoms with Crippen molar-refractivity contribution in [3.8, 4) is 0 Å². The van der Waals surface area contributed by atoms with Crippen molar-refractivity contribution in [2.24, 2.45) is 5.73 Å². The first-order valence-electron chi connectivity index (χ1n) is 5.89. The fourth-order valence-electron chi connectivity index (χ4n) is 2.11. The minimum absolute atomic E-state index is 0.104. The second-order valence-corrected chi connectivity index (χ2v) is 5.26. The fraction of sp³-hybridized carbons (Fsp3) is 0.462. The fourth-order valence-corrected chi connectivity index (χ4v) is 2.52. The van der Waals surface area contributed by atoms with Crippen LogP contribution in [0.1, 0.15) is 23.2 Å². The number of rotatable bonds is 2. The van der Waals surface area contributed by atoms with E-state index >= 15 is 0 Å². The SMILES string of the molecule is CSc1ccc(C(=O)N2CCC[C@@H](N)C2)cc1. The molecular formula is C13H18N2OS. The van der Waals surface area contributed by atoms with Gasteiger partial charge in [0.05, 0.1) is 0 Å². The van der Waals surface area contributed by atoms with Crippen LogP contribution < -0.4 is 5.73 Å². The largest absolute Gasteiger partial charge is 0.337 e. The van der Waals surface area contributed by atoms with Crippen LogP contribution in [-0.2, 0) is 0 Å². The lowest BCUT2D eigenvalue weighted by Crippen LogP contribution is -2.45. The molecule has 1 atom stereocenters. The second-order valence-electron chi connectivity index (χ2n) is 4.38. The zero-order chi connectivity index (χ0) is 12.3. The van der Waals surface area contributed by atoms with E-state index in [2.05, 4.69) is 0 Å². The molecule has 1 saturated heterocycles. The molecule has 0 aromatic heterocycles. The van der Waals surface area contributed by atoms with Crippen molar-refractivity contribution in [3.05, 3.63) is 29.8 Å². The van der Waals surface area contributed by atoms with Crippen molar-refractivity contribution in [1.82, 2.24) is 4.90 Å². The smallest absolute Gasteiger partial charge is 0.253 e. The summed E-state index contributed by atoms with van der Waals surface area (Å²) in [6.45, 7) is 1.51. The second kappa shape index (κ2) is 5.56. The molecule has 2 rings (SSSR count). The third-order valence-corrected chi connectivity index (χ3v) is 3.83. The van der Waals surface area contributed by atoms with E-state index < -0.39 is 0 Å². The van der Waals surface area contributed by atoms with Crippen molar-refractivity contribution in [1.29, 1.82) is 0 Å². The van der Waals surface area contributed by atoms with E-state index in [1.165, 1.54) is 4.90 Å². The summed E-state index contributed by atoms with van der Waals surface area (Å²) in [7, 11) is 0. The lowest BCUT2D eigenvalue weighted by Gasteiger charge is -2.30. The number of benzene rings is 1. The molecule has 92 valence electrons. The Balaban J connectivity index is 2.07. The minimum Gasteiger partial charge on any atom is -0.337 e. The van der Waals surface area contributed by atoms with Gasteiger partial charge in [0.1, 0.15) is 0 Å². The Bertz CT molecular complexity index is 391. The molecule has 0 spiro atoms. The van der Waals surface area contributed by atoms with E-state index in [1.54, 1.807) is 11.8 Å². The molecule has 3 nitrogen and oxygen atoms in total. The van der Waals surface area contributed by atoms with Crippen LogP contribution in [0.4, 0.5) is 0 Å². The molecular weight excluding hydrogens is 232 g/mol. The van der Waals surface area contributed by atoms with E-state index in [1.807, 2.05) is 35.4 Å². The van der Waals surface area contributed by atoms with Crippen LogP contribution in [0, 0.1) is 0 Å². The molecule has 0 aliphatic carbocycles. The van der Waals surface area contributed by atoms with Crippen LogP contribution in [0.5, 0.6) is 0 Å². The summed E-state index contributed by atoms with van der Waals surface area (Å²) >= 11 is 1.68. The predicted octanol–water partition coefficient (Wildman–Crippen LogP) is 1.97. The third kappa shape index (κ3) is 3.01. The van der Waals surface area contributed by atoms with E-state index in [0.29, 0.717) is 6.54 Å². The molecule has 1 aliphatic rings. The van der Waals surface area contributed by atoms with Gasteiger partial charge >= 0.3 is 0 Å². The Kier molecular flexibility index (Phi) is 4.07. The number of amides is 1. The van der Waals surface area contributed by atoms with Crippen molar-refractivity contribution in [2.75, 3.05) is 19.3 Å². The number of thioether (sulfide) groups is 1. The molecule has 0 saturated carbocycles. The zero-order valence-corrected chi connectivity index (χ0v) is 10.9. The average Bonchev–Trinajstić information content (AvgIpc) is 2.38. The quantitative estimate of drug-likeness (QED) is 0.816. The maximum absolute atomic E-state index is 12.2. The van der Waals surface area contributed by atoms with E-state index in [-0.39, 0.29) is 11.9 Å². The molecule has 1 aromatic carbocycles. The Morgan fingerprint density at radius 2 is 2.12 bits per heavy atom. The van der Waals surface area contributed by atoms with Crippen LogP contribution in [0.25, 0.3) is 0 Å². The van der Waals surface area contributed by atoms with Gasteiger partial charge in [0.2, 0.25) is 0 Å². The highest BCUT2D eigenvalue weighted by atomic mass is 32.2. The summed E-state index contributed by atoms with van der Waals surface area (Å²) in [5.41, 5.74) is 6.65. The standard InChI is InChI=1S/C13H18N2OS/c1-17-12-6-4-10(5-7-12)13(16)15-8-2-3-11(14)9-15/h4-7,11H,2-3,8-9,14H2,1H3/t11-/m1/s1. The van der Waals surface area contributed by atoms with Gasteiger partial charge in [-0.3, -0.25) is 4.79 Å². The molecule has 1 amide bonds. The number of nitrogens with two attached hydrogens (primary N) is 1. The Labute approximate surface area is 106 Å². The molecule has 1 aliphatic heterocycles. The number of hydrogen-bond acceptors (Lipinski definition) is 3. The first kappa shape index (κ1) is 12.5. The molecule has 0 unspecified atom stereocenters. The minimum atomic E-state index is 0.104. The molecule has 0 bridgehead atoms. The molecule has 4 heteroatoms. The van der Waals surface area contributed by atoms with Gasteiger partial charge in [0, 0.05) is 29.6 Å². The van der Waals surface area contributed by atoms with Crippen LogP contribution in [-0.4, -0.2) is 36.2 Å². The summed E-state index contributed by atoms with van der Waals surface area (Å²) in [5.74, 6) is 0.104. The molecule has 1 fully saturated rings. The van der Waals surface area contributed by atoms with Crippen molar-refractivity contribution in [2.45, 2.75) is 23.8 Å². The number of hydrogen-bond donors (Lipinski definition) is 1. The van der Waals surface area contributed by atoms with Crippen LogP contribution in [0.3, 0.4) is 0 Å². The van der Waals surface area contributed by atoms with Gasteiger partial charge in [0.15, 0.2) is 0 Å². The number of nitrogens with zero attached hydrogens (tertiary/aromatic N) is 1. The normalized spacial score (nSPS) is 20.4. The van der Waals surface area contributed by atoms with Crippen LogP contribution in [0.2, 0.25) is 0 Å². The lowest BCUT2D eigenvalue weighted by atomic mass is 10.1. The van der Waals surface area contributed by atoms with Gasteiger partial charge in [-0.05, 0) is 43.4 Å². The molecule has 17 heavy (non-hydrogen) atoms. The third-order valence-electron chi connectivity index (χ3n) is 3.08. The Morgan fingerprint density at radius 3 is 2.71 bits per heavy atom. The molecule has 2 N–H and O–H groups in total. The summed E-state index contributed by atoms with van der Waals surface area (Å²) in [6, 6.07) is 7.91. The zero-order valence-electron chi connectivity index (χ0n) is 10.1. The lowest BCUT2D eigenvalue weighted by molar-refractivity contribution is 0.0709. The number of piperidine rings is 1. The van der Waals surface area contributed by atoms with Gasteiger partial charge < -0.3 is 10.6 Å². The molecule has 1 heterocycles. The topological polar surface area (TPSA) is 46.3 Å². The number of likely N-dealkylation sites (tertiary alicyclic amines) is 1. The number of carbonyl (C=O) groups excluding carboxylic acids is 1. The number of carbonyl (C=O) groups is 1. The monoisotopic (exact) mass is 250 g/mol.